The second-order valence-corrected chi connectivity index (χ2v) is 3.80. The smallest absolute Gasteiger partial charge is 0.330 e. The van der Waals surface area contributed by atoms with Gasteiger partial charge in [0.25, 0.3) is 0 Å². The molecule has 0 spiro atoms. The molecular formula is C10H14N2O2. The largest absolute Gasteiger partial charge is 0.467 e. The molecule has 0 aromatic carbocycles. The summed E-state index contributed by atoms with van der Waals surface area (Å²) in [6.07, 6.45) is 5.84. The van der Waals surface area contributed by atoms with Crippen molar-refractivity contribution >= 4 is 5.97 Å². The lowest BCUT2D eigenvalue weighted by Crippen LogP contribution is -2.23. The van der Waals surface area contributed by atoms with Gasteiger partial charge in [-0.15, -0.1) is 0 Å². The first kappa shape index (κ1) is 9.24. The third-order valence-electron chi connectivity index (χ3n) is 2.53. The number of carbonyl (C=O) groups is 1. The van der Waals surface area contributed by atoms with Crippen molar-refractivity contribution in [3.8, 4) is 0 Å². The maximum Gasteiger partial charge on any atom is 0.330 e. The van der Waals surface area contributed by atoms with Gasteiger partial charge in [0, 0.05) is 6.20 Å². The maximum atomic E-state index is 11.5. The molecule has 1 aliphatic carbocycles. The molecule has 0 aliphatic heterocycles. The summed E-state index contributed by atoms with van der Waals surface area (Å²) in [5.74, 6) is 0.234. The lowest BCUT2D eigenvalue weighted by atomic mass is 10.2. The molecule has 4 heteroatoms. The number of aryl methyl sites for hydroxylation is 1. The highest BCUT2D eigenvalue weighted by molar-refractivity contribution is 5.74. The van der Waals surface area contributed by atoms with Crippen LogP contribution < -0.4 is 0 Å². The molecule has 0 radical (unpaired) electrons. The van der Waals surface area contributed by atoms with Gasteiger partial charge in [-0.25, -0.2) is 4.79 Å². The van der Waals surface area contributed by atoms with Gasteiger partial charge in [-0.05, 0) is 31.2 Å². The van der Waals surface area contributed by atoms with E-state index in [9.17, 15) is 4.79 Å². The molecule has 1 aromatic rings. The van der Waals surface area contributed by atoms with Gasteiger partial charge in [0.2, 0.25) is 0 Å². The lowest BCUT2D eigenvalue weighted by Gasteiger charge is -2.13. The third kappa shape index (κ3) is 1.64. The van der Waals surface area contributed by atoms with Gasteiger partial charge < -0.3 is 4.74 Å². The Morgan fingerprint density at radius 3 is 2.86 bits per heavy atom. The number of nitrogens with zero attached hydrogens (tertiary/aromatic N) is 2. The van der Waals surface area contributed by atoms with E-state index in [2.05, 4.69) is 5.10 Å². The van der Waals surface area contributed by atoms with Crippen molar-refractivity contribution in [1.29, 1.82) is 0 Å². The average molecular weight is 194 g/mol. The number of carbonyl (C=O) groups excluding carboxylic acids is 1. The van der Waals surface area contributed by atoms with E-state index in [0.717, 1.165) is 18.4 Å². The van der Waals surface area contributed by atoms with E-state index < -0.39 is 0 Å². The van der Waals surface area contributed by atoms with Crippen LogP contribution >= 0.6 is 0 Å². The van der Waals surface area contributed by atoms with Crippen LogP contribution in [0.2, 0.25) is 0 Å². The average Bonchev–Trinajstić information content (AvgIpc) is 2.90. The molecule has 1 aromatic heterocycles. The zero-order valence-corrected chi connectivity index (χ0v) is 8.43. The van der Waals surface area contributed by atoms with Crippen LogP contribution in [0, 0.1) is 12.8 Å². The molecule has 1 unspecified atom stereocenters. The fraction of sp³-hybridized carbons (Fsp3) is 0.600. The number of esters is 1. The van der Waals surface area contributed by atoms with Crippen LogP contribution in [0.3, 0.4) is 0 Å². The van der Waals surface area contributed by atoms with Crippen molar-refractivity contribution in [3.63, 3.8) is 0 Å². The van der Waals surface area contributed by atoms with E-state index in [0.29, 0.717) is 5.92 Å². The van der Waals surface area contributed by atoms with E-state index in [1.807, 2.05) is 13.1 Å². The number of aromatic nitrogens is 2. The molecule has 76 valence electrons. The highest BCUT2D eigenvalue weighted by Crippen LogP contribution is 2.40. The lowest BCUT2D eigenvalue weighted by molar-refractivity contribution is -0.145. The van der Waals surface area contributed by atoms with Crippen LogP contribution in [-0.2, 0) is 9.53 Å². The Morgan fingerprint density at radius 1 is 1.71 bits per heavy atom. The zero-order chi connectivity index (χ0) is 10.1. The second-order valence-electron chi connectivity index (χ2n) is 3.80. The predicted molar refractivity (Wildman–Crippen MR) is 50.7 cm³/mol. The van der Waals surface area contributed by atoms with Crippen molar-refractivity contribution in [2.24, 2.45) is 5.92 Å². The Hall–Kier alpha value is -1.32. The summed E-state index contributed by atoms with van der Waals surface area (Å²) in [6, 6.07) is -0.214. The molecule has 1 heterocycles. The zero-order valence-electron chi connectivity index (χ0n) is 8.43. The van der Waals surface area contributed by atoms with Gasteiger partial charge in [-0.1, -0.05) is 0 Å². The van der Waals surface area contributed by atoms with Crippen LogP contribution in [0.4, 0.5) is 0 Å². The molecule has 1 atom stereocenters. The molecular weight excluding hydrogens is 180 g/mol. The number of rotatable bonds is 3. The minimum absolute atomic E-state index is 0.185. The van der Waals surface area contributed by atoms with Crippen LogP contribution in [-0.4, -0.2) is 22.9 Å². The van der Waals surface area contributed by atoms with Crippen LogP contribution in [0.1, 0.15) is 24.4 Å². The molecule has 2 rings (SSSR count). The summed E-state index contributed by atoms with van der Waals surface area (Å²) in [5, 5.41) is 4.16. The van der Waals surface area contributed by atoms with E-state index in [4.69, 9.17) is 4.74 Å². The minimum Gasteiger partial charge on any atom is -0.467 e. The Balaban J connectivity index is 2.22. The maximum absolute atomic E-state index is 11.5. The molecule has 1 saturated carbocycles. The Bertz CT molecular complexity index is 342. The van der Waals surface area contributed by atoms with Crippen LogP contribution in [0.25, 0.3) is 0 Å². The SMILES string of the molecule is COC(=O)C(C1CC1)n1cc(C)cn1. The summed E-state index contributed by atoms with van der Waals surface area (Å²) in [5.41, 5.74) is 1.07. The van der Waals surface area contributed by atoms with Crippen LogP contribution in [0.15, 0.2) is 12.4 Å². The highest BCUT2D eigenvalue weighted by atomic mass is 16.5. The topological polar surface area (TPSA) is 44.1 Å². The molecule has 0 N–H and O–H groups in total. The Morgan fingerprint density at radius 2 is 2.43 bits per heavy atom. The second kappa shape index (κ2) is 3.44. The van der Waals surface area contributed by atoms with Gasteiger partial charge in [0.1, 0.15) is 0 Å². The molecule has 1 aliphatic rings. The molecule has 0 saturated heterocycles. The highest BCUT2D eigenvalue weighted by Gasteiger charge is 2.38. The van der Waals surface area contributed by atoms with Crippen molar-refractivity contribution in [3.05, 3.63) is 18.0 Å². The number of ether oxygens (including phenoxy) is 1. The van der Waals surface area contributed by atoms with Crippen molar-refractivity contribution in [2.75, 3.05) is 7.11 Å². The van der Waals surface area contributed by atoms with Gasteiger partial charge in [-0.3, -0.25) is 4.68 Å². The summed E-state index contributed by atoms with van der Waals surface area (Å²) >= 11 is 0. The first-order valence-electron chi connectivity index (χ1n) is 4.81. The fourth-order valence-corrected chi connectivity index (χ4v) is 1.63. The van der Waals surface area contributed by atoms with E-state index in [1.165, 1.54) is 7.11 Å². The van der Waals surface area contributed by atoms with E-state index in [-0.39, 0.29) is 12.0 Å². The van der Waals surface area contributed by atoms with Crippen molar-refractivity contribution in [1.82, 2.24) is 9.78 Å². The fourth-order valence-electron chi connectivity index (χ4n) is 1.63. The Labute approximate surface area is 82.9 Å². The monoisotopic (exact) mass is 194 g/mol. The van der Waals surface area contributed by atoms with Crippen molar-refractivity contribution in [2.45, 2.75) is 25.8 Å². The quantitative estimate of drug-likeness (QED) is 0.681. The summed E-state index contributed by atoms with van der Waals surface area (Å²) < 4.78 is 6.50. The molecule has 0 amide bonds. The first-order chi connectivity index (χ1) is 6.72. The van der Waals surface area contributed by atoms with Gasteiger partial charge in [0.15, 0.2) is 6.04 Å². The molecule has 0 bridgehead atoms. The standard InChI is InChI=1S/C10H14N2O2/c1-7-5-11-12(6-7)9(8-3-4-8)10(13)14-2/h5-6,8-9H,3-4H2,1-2H3. The minimum atomic E-state index is -0.214. The molecule has 14 heavy (non-hydrogen) atoms. The number of hydrogen-bond acceptors (Lipinski definition) is 3. The number of methoxy groups -OCH3 is 1. The summed E-state index contributed by atoms with van der Waals surface area (Å²) in [4.78, 5) is 11.5. The molecule has 4 nitrogen and oxygen atoms in total. The van der Waals surface area contributed by atoms with Gasteiger partial charge >= 0.3 is 5.97 Å². The van der Waals surface area contributed by atoms with E-state index >= 15 is 0 Å². The summed E-state index contributed by atoms with van der Waals surface area (Å²) in [6.45, 7) is 1.96. The Kier molecular flexibility index (Phi) is 2.27. The third-order valence-corrected chi connectivity index (χ3v) is 2.53. The van der Waals surface area contributed by atoms with Crippen LogP contribution in [0.5, 0.6) is 0 Å². The first-order valence-corrected chi connectivity index (χ1v) is 4.81. The predicted octanol–water partition coefficient (Wildman–Crippen LogP) is 1.32. The van der Waals surface area contributed by atoms with E-state index in [1.54, 1.807) is 10.9 Å². The van der Waals surface area contributed by atoms with Gasteiger partial charge in [0.05, 0.1) is 13.3 Å². The molecule has 1 fully saturated rings. The number of hydrogen-bond donors (Lipinski definition) is 0. The normalized spacial score (nSPS) is 17.9. The summed E-state index contributed by atoms with van der Waals surface area (Å²) in [7, 11) is 1.42. The van der Waals surface area contributed by atoms with Crippen molar-refractivity contribution < 1.29 is 9.53 Å². The van der Waals surface area contributed by atoms with Gasteiger partial charge in [-0.2, -0.15) is 5.10 Å².